The van der Waals surface area contributed by atoms with E-state index in [4.69, 9.17) is 0 Å². The lowest BCUT2D eigenvalue weighted by Crippen LogP contribution is -2.01. The van der Waals surface area contributed by atoms with Crippen LogP contribution in [0.2, 0.25) is 0 Å². The van der Waals surface area contributed by atoms with Crippen molar-refractivity contribution in [2.24, 2.45) is 0 Å². The van der Waals surface area contributed by atoms with Crippen LogP contribution in [-0.2, 0) is 4.79 Å². The molecule has 1 atom stereocenters. The van der Waals surface area contributed by atoms with Crippen molar-refractivity contribution in [3.63, 3.8) is 0 Å². The Kier molecular flexibility index (Phi) is 9.45. The highest BCUT2D eigenvalue weighted by molar-refractivity contribution is 5.98. The third kappa shape index (κ3) is 5.49. The summed E-state index contributed by atoms with van der Waals surface area (Å²) in [5.41, 5.74) is 3.63. The Hall–Kier alpha value is -2.15. The molecule has 0 fully saturated rings. The molecule has 0 aliphatic heterocycles. The van der Waals surface area contributed by atoms with Crippen LogP contribution in [0.5, 0.6) is 0 Å². The van der Waals surface area contributed by atoms with Crippen molar-refractivity contribution in [2.75, 3.05) is 0 Å². The van der Waals surface area contributed by atoms with Crippen LogP contribution in [0.3, 0.4) is 0 Å². The summed E-state index contributed by atoms with van der Waals surface area (Å²) < 4.78 is 0. The Labute approximate surface area is 147 Å². The van der Waals surface area contributed by atoms with E-state index in [1.807, 2.05) is 58.0 Å². The maximum atomic E-state index is 12.0. The molecule has 0 aromatic heterocycles. The molecule has 0 N–H and O–H groups in total. The first kappa shape index (κ1) is 19.9. The van der Waals surface area contributed by atoms with Crippen LogP contribution in [0.25, 0.3) is 5.57 Å². The molecule has 3 rings (SSSR count). The van der Waals surface area contributed by atoms with E-state index in [2.05, 4.69) is 36.4 Å². The fourth-order valence-electron chi connectivity index (χ4n) is 2.93. The van der Waals surface area contributed by atoms with E-state index in [1.165, 1.54) is 11.1 Å². The molecule has 24 heavy (non-hydrogen) atoms. The molecule has 0 saturated carbocycles. The molecule has 0 heterocycles. The van der Waals surface area contributed by atoms with E-state index >= 15 is 0 Å². The summed E-state index contributed by atoms with van der Waals surface area (Å²) in [6.45, 7) is 8.00. The van der Waals surface area contributed by atoms with Crippen molar-refractivity contribution in [1.29, 1.82) is 0 Å². The van der Waals surface area contributed by atoms with Gasteiger partial charge in [0, 0.05) is 12.3 Å². The zero-order valence-corrected chi connectivity index (χ0v) is 15.5. The first-order valence-corrected chi connectivity index (χ1v) is 9.19. The number of allylic oxidation sites excluding steroid dienone is 2. The standard InChI is InChI=1S/C19H18O.2C2H6/c20-17-12-7-13-18(15-8-3-1-4-9-15)19(14-17)16-10-5-2-6-11-16;2*1-2/h1-6,8-11,14,18H,7,12-13H2;2*1-2H3. The lowest BCUT2D eigenvalue weighted by Gasteiger charge is -2.19. The third-order valence-corrected chi connectivity index (χ3v) is 3.92. The van der Waals surface area contributed by atoms with Crippen molar-refractivity contribution < 1.29 is 4.79 Å². The van der Waals surface area contributed by atoms with Crippen LogP contribution >= 0.6 is 0 Å². The molecule has 0 amide bonds. The van der Waals surface area contributed by atoms with Gasteiger partial charge in [-0.05, 0) is 35.6 Å². The SMILES string of the molecule is CC.CC.O=C1C=C(c2ccccc2)C(c2ccccc2)CCC1. The molecule has 1 aliphatic rings. The van der Waals surface area contributed by atoms with Crippen molar-refractivity contribution in [3.05, 3.63) is 77.9 Å². The number of benzene rings is 2. The molecule has 1 nitrogen and oxygen atoms in total. The maximum Gasteiger partial charge on any atom is 0.156 e. The molecule has 0 bridgehead atoms. The lowest BCUT2D eigenvalue weighted by molar-refractivity contribution is -0.114. The average molecular weight is 322 g/mol. The number of hydrogen-bond acceptors (Lipinski definition) is 1. The minimum atomic E-state index is 0.252. The summed E-state index contributed by atoms with van der Waals surface area (Å²) in [4.78, 5) is 12.0. The topological polar surface area (TPSA) is 17.1 Å². The molecule has 0 spiro atoms. The fraction of sp³-hybridized carbons (Fsp3) is 0.348. The van der Waals surface area contributed by atoms with E-state index in [-0.39, 0.29) is 5.78 Å². The molecule has 2 aromatic carbocycles. The summed E-state index contributed by atoms with van der Waals surface area (Å²) in [6.07, 6.45) is 4.53. The van der Waals surface area contributed by atoms with Gasteiger partial charge in [0.1, 0.15) is 0 Å². The van der Waals surface area contributed by atoms with E-state index in [9.17, 15) is 4.79 Å². The van der Waals surface area contributed by atoms with Gasteiger partial charge >= 0.3 is 0 Å². The Morgan fingerprint density at radius 1 is 0.792 bits per heavy atom. The predicted octanol–water partition coefficient (Wildman–Crippen LogP) is 6.66. The van der Waals surface area contributed by atoms with Gasteiger partial charge in [-0.3, -0.25) is 4.79 Å². The summed E-state index contributed by atoms with van der Waals surface area (Å²) >= 11 is 0. The van der Waals surface area contributed by atoms with Gasteiger partial charge in [-0.15, -0.1) is 0 Å². The van der Waals surface area contributed by atoms with Gasteiger partial charge in [0.25, 0.3) is 0 Å². The summed E-state index contributed by atoms with van der Waals surface area (Å²) in [5.74, 6) is 0.576. The number of carbonyl (C=O) groups is 1. The summed E-state index contributed by atoms with van der Waals surface area (Å²) in [7, 11) is 0. The Balaban J connectivity index is 0.000000671. The maximum absolute atomic E-state index is 12.0. The van der Waals surface area contributed by atoms with E-state index < -0.39 is 0 Å². The number of ketones is 1. The number of rotatable bonds is 2. The van der Waals surface area contributed by atoms with E-state index in [0.29, 0.717) is 12.3 Å². The fourth-order valence-corrected chi connectivity index (χ4v) is 2.93. The Morgan fingerprint density at radius 3 is 1.92 bits per heavy atom. The monoisotopic (exact) mass is 322 g/mol. The largest absolute Gasteiger partial charge is 0.295 e. The number of hydrogen-bond donors (Lipinski definition) is 0. The van der Waals surface area contributed by atoms with Crippen molar-refractivity contribution in [1.82, 2.24) is 0 Å². The van der Waals surface area contributed by atoms with Gasteiger partial charge in [0.05, 0.1) is 0 Å². The normalized spacial score (nSPS) is 16.6. The molecule has 128 valence electrons. The Bertz CT molecular complexity index is 611. The highest BCUT2D eigenvalue weighted by Gasteiger charge is 2.22. The second kappa shape index (κ2) is 11.4. The van der Waals surface area contributed by atoms with Crippen LogP contribution in [-0.4, -0.2) is 5.78 Å². The van der Waals surface area contributed by atoms with Gasteiger partial charge in [-0.2, -0.15) is 0 Å². The van der Waals surface area contributed by atoms with Gasteiger partial charge in [-0.1, -0.05) is 88.4 Å². The first-order chi connectivity index (χ1) is 11.8. The van der Waals surface area contributed by atoms with Gasteiger partial charge in [-0.25, -0.2) is 0 Å². The molecule has 1 unspecified atom stereocenters. The van der Waals surface area contributed by atoms with Crippen LogP contribution in [0.4, 0.5) is 0 Å². The second-order valence-corrected chi connectivity index (χ2v) is 5.29. The van der Waals surface area contributed by atoms with E-state index in [1.54, 1.807) is 0 Å². The smallest absolute Gasteiger partial charge is 0.156 e. The molecule has 1 aliphatic carbocycles. The van der Waals surface area contributed by atoms with Gasteiger partial charge < -0.3 is 0 Å². The van der Waals surface area contributed by atoms with Crippen molar-refractivity contribution in [2.45, 2.75) is 52.9 Å². The molecule has 2 aromatic rings. The van der Waals surface area contributed by atoms with Gasteiger partial charge in [0.15, 0.2) is 5.78 Å². The predicted molar refractivity (Wildman–Crippen MR) is 105 cm³/mol. The molecular formula is C23H30O. The molecular weight excluding hydrogens is 292 g/mol. The van der Waals surface area contributed by atoms with Crippen LogP contribution in [0.15, 0.2) is 66.7 Å². The van der Waals surface area contributed by atoms with Crippen molar-refractivity contribution in [3.8, 4) is 0 Å². The highest BCUT2D eigenvalue weighted by atomic mass is 16.1. The highest BCUT2D eigenvalue weighted by Crippen LogP contribution is 2.38. The minimum Gasteiger partial charge on any atom is -0.295 e. The lowest BCUT2D eigenvalue weighted by atomic mass is 9.84. The summed E-state index contributed by atoms with van der Waals surface area (Å²) in [6, 6.07) is 20.8. The first-order valence-electron chi connectivity index (χ1n) is 9.19. The zero-order chi connectivity index (χ0) is 17.8. The molecule has 0 radical (unpaired) electrons. The minimum absolute atomic E-state index is 0.252. The van der Waals surface area contributed by atoms with E-state index in [0.717, 1.165) is 18.4 Å². The average Bonchev–Trinajstić information content (AvgIpc) is 2.88. The number of carbonyl (C=O) groups excluding carboxylic acids is 1. The summed E-state index contributed by atoms with van der Waals surface area (Å²) in [5, 5.41) is 0. The zero-order valence-electron chi connectivity index (χ0n) is 15.5. The molecule has 1 heteroatoms. The van der Waals surface area contributed by atoms with Crippen molar-refractivity contribution >= 4 is 11.4 Å². The quantitative estimate of drug-likeness (QED) is 0.604. The second-order valence-electron chi connectivity index (χ2n) is 5.29. The van der Waals surface area contributed by atoms with Crippen LogP contribution in [0, 0.1) is 0 Å². The third-order valence-electron chi connectivity index (χ3n) is 3.92. The van der Waals surface area contributed by atoms with Crippen LogP contribution in [0.1, 0.15) is 64.0 Å². The van der Waals surface area contributed by atoms with Crippen LogP contribution < -0.4 is 0 Å². The van der Waals surface area contributed by atoms with Gasteiger partial charge in [0.2, 0.25) is 0 Å². The molecule has 0 saturated heterocycles. The Morgan fingerprint density at radius 2 is 1.33 bits per heavy atom.